The van der Waals surface area contributed by atoms with Crippen LogP contribution in [0.2, 0.25) is 0 Å². The van der Waals surface area contributed by atoms with E-state index in [0.717, 1.165) is 11.3 Å². The lowest BCUT2D eigenvalue weighted by Crippen LogP contribution is -2.34. The highest BCUT2D eigenvalue weighted by Crippen LogP contribution is 2.31. The van der Waals surface area contributed by atoms with Crippen LogP contribution in [0, 0.1) is 0 Å². The van der Waals surface area contributed by atoms with Crippen molar-refractivity contribution in [1.29, 1.82) is 0 Å². The smallest absolute Gasteiger partial charge is 0.218 e. The highest BCUT2D eigenvalue weighted by Gasteiger charge is 2.19. The molecule has 26 heavy (non-hydrogen) atoms. The third kappa shape index (κ3) is 4.06. The molecule has 2 aromatic carbocycles. The molecule has 5 nitrogen and oxygen atoms in total. The van der Waals surface area contributed by atoms with E-state index >= 15 is 0 Å². The fraction of sp³-hybridized carbons (Fsp3) is 0.286. The van der Waals surface area contributed by atoms with Gasteiger partial charge in [0.2, 0.25) is 5.91 Å². The Bertz CT molecular complexity index is 870. The van der Waals surface area contributed by atoms with E-state index in [4.69, 9.17) is 10.5 Å². The number of aromatic amines is 1. The van der Waals surface area contributed by atoms with Crippen molar-refractivity contribution in [2.24, 2.45) is 5.73 Å². The number of methoxy groups -OCH3 is 1. The number of amides is 1. The van der Waals surface area contributed by atoms with Crippen molar-refractivity contribution in [1.82, 2.24) is 10.3 Å². The number of para-hydroxylation sites is 1. The molecule has 3 rings (SSSR count). The number of hydrogen-bond acceptors (Lipinski definition) is 3. The summed E-state index contributed by atoms with van der Waals surface area (Å²) in [6.45, 7) is 2.69. The average molecular weight is 351 g/mol. The quantitative estimate of drug-likeness (QED) is 0.583. The number of fused-ring (bicyclic) bond motifs is 1. The van der Waals surface area contributed by atoms with E-state index in [1.807, 2.05) is 31.2 Å². The first-order valence-electron chi connectivity index (χ1n) is 8.80. The Kier molecular flexibility index (Phi) is 5.58. The van der Waals surface area contributed by atoms with E-state index < -0.39 is 0 Å². The topological polar surface area (TPSA) is 80.1 Å². The minimum Gasteiger partial charge on any atom is -0.497 e. The van der Waals surface area contributed by atoms with Crippen molar-refractivity contribution < 1.29 is 9.53 Å². The van der Waals surface area contributed by atoms with Crippen LogP contribution in [0.5, 0.6) is 5.75 Å². The van der Waals surface area contributed by atoms with Gasteiger partial charge in [0.05, 0.1) is 7.11 Å². The summed E-state index contributed by atoms with van der Waals surface area (Å²) in [6.07, 6.45) is 2.39. The van der Waals surface area contributed by atoms with Gasteiger partial charge >= 0.3 is 0 Å². The lowest BCUT2D eigenvalue weighted by Gasteiger charge is -2.21. The Labute approximate surface area is 153 Å². The summed E-state index contributed by atoms with van der Waals surface area (Å²) in [7, 11) is 1.67. The van der Waals surface area contributed by atoms with Crippen LogP contribution in [-0.4, -0.2) is 30.6 Å². The maximum Gasteiger partial charge on any atom is 0.218 e. The monoisotopic (exact) mass is 351 g/mol. The van der Waals surface area contributed by atoms with E-state index in [2.05, 4.69) is 40.8 Å². The third-order valence-corrected chi connectivity index (χ3v) is 4.69. The van der Waals surface area contributed by atoms with Gasteiger partial charge in [0.15, 0.2) is 0 Å². The van der Waals surface area contributed by atoms with Crippen LogP contribution < -0.4 is 15.8 Å². The van der Waals surface area contributed by atoms with Gasteiger partial charge in [-0.05, 0) is 36.2 Å². The zero-order chi connectivity index (χ0) is 18.5. The summed E-state index contributed by atoms with van der Waals surface area (Å²) in [5, 5.41) is 4.65. The molecule has 1 aromatic heterocycles. The summed E-state index contributed by atoms with van der Waals surface area (Å²) >= 11 is 0. The zero-order valence-corrected chi connectivity index (χ0v) is 15.2. The third-order valence-electron chi connectivity index (χ3n) is 4.69. The predicted octanol–water partition coefficient (Wildman–Crippen LogP) is 3.16. The van der Waals surface area contributed by atoms with Gasteiger partial charge in [0, 0.05) is 42.0 Å². The number of ether oxygens (including phenoxy) is 1. The second-order valence-corrected chi connectivity index (χ2v) is 6.60. The minimum absolute atomic E-state index is 0.0263. The molecule has 0 unspecified atom stereocenters. The van der Waals surface area contributed by atoms with Crippen molar-refractivity contribution in [2.75, 3.05) is 13.7 Å². The number of H-pyrrole nitrogens is 1. The number of carbonyl (C=O) groups excluding carboxylic acids is 1. The molecule has 3 aromatic rings. The molecule has 0 aliphatic heterocycles. The van der Waals surface area contributed by atoms with E-state index in [1.165, 1.54) is 16.5 Å². The first-order chi connectivity index (χ1) is 12.6. The van der Waals surface area contributed by atoms with Crippen LogP contribution >= 0.6 is 0 Å². The first kappa shape index (κ1) is 18.0. The molecule has 136 valence electrons. The van der Waals surface area contributed by atoms with Gasteiger partial charge in [-0.3, -0.25) is 4.79 Å². The highest BCUT2D eigenvalue weighted by molar-refractivity contribution is 5.84. The van der Waals surface area contributed by atoms with Crippen molar-refractivity contribution in [3.63, 3.8) is 0 Å². The number of rotatable bonds is 8. The Morgan fingerprint density at radius 2 is 1.92 bits per heavy atom. The molecular weight excluding hydrogens is 326 g/mol. The fourth-order valence-corrected chi connectivity index (χ4v) is 3.32. The molecule has 1 heterocycles. The standard InChI is InChI=1S/C21H25N3O2/c1-14(11-21(22)25)23-12-18(15-7-9-16(26-2)10-8-15)19-13-24-20-6-4-3-5-17(19)20/h3-10,13-14,18,23-24H,11-12H2,1-2H3,(H2,22,25)/t14-,18-/m1/s1. The largest absolute Gasteiger partial charge is 0.497 e. The van der Waals surface area contributed by atoms with E-state index in [1.54, 1.807) is 7.11 Å². The molecule has 0 saturated carbocycles. The van der Waals surface area contributed by atoms with Crippen molar-refractivity contribution in [3.8, 4) is 5.75 Å². The molecule has 0 saturated heterocycles. The van der Waals surface area contributed by atoms with Crippen LogP contribution in [0.1, 0.15) is 30.4 Å². The summed E-state index contributed by atoms with van der Waals surface area (Å²) in [4.78, 5) is 14.5. The number of primary amides is 1. The average Bonchev–Trinajstić information content (AvgIpc) is 3.06. The molecule has 4 N–H and O–H groups in total. The number of aromatic nitrogens is 1. The van der Waals surface area contributed by atoms with Gasteiger partial charge in [0.25, 0.3) is 0 Å². The van der Waals surface area contributed by atoms with E-state index in [-0.39, 0.29) is 17.9 Å². The fourth-order valence-electron chi connectivity index (χ4n) is 3.32. The molecule has 0 spiro atoms. The van der Waals surface area contributed by atoms with E-state index in [9.17, 15) is 4.79 Å². The van der Waals surface area contributed by atoms with Gasteiger partial charge < -0.3 is 20.8 Å². The summed E-state index contributed by atoms with van der Waals surface area (Å²) < 4.78 is 5.28. The molecular formula is C21H25N3O2. The Balaban J connectivity index is 1.91. The van der Waals surface area contributed by atoms with Gasteiger partial charge in [-0.2, -0.15) is 0 Å². The summed E-state index contributed by atoms with van der Waals surface area (Å²) in [5.41, 5.74) is 8.85. The number of nitrogens with one attached hydrogen (secondary N) is 2. The van der Waals surface area contributed by atoms with Crippen LogP contribution in [0.15, 0.2) is 54.7 Å². The predicted molar refractivity (Wildman–Crippen MR) is 104 cm³/mol. The number of benzene rings is 2. The molecule has 5 heteroatoms. The molecule has 0 aliphatic carbocycles. The number of carbonyl (C=O) groups is 1. The van der Waals surface area contributed by atoms with Gasteiger partial charge in [-0.25, -0.2) is 0 Å². The lowest BCUT2D eigenvalue weighted by atomic mass is 9.90. The Morgan fingerprint density at radius 3 is 2.62 bits per heavy atom. The van der Waals surface area contributed by atoms with Gasteiger partial charge in [0.1, 0.15) is 5.75 Å². The van der Waals surface area contributed by atoms with Crippen LogP contribution in [0.3, 0.4) is 0 Å². The number of hydrogen-bond donors (Lipinski definition) is 3. The minimum atomic E-state index is -0.293. The summed E-state index contributed by atoms with van der Waals surface area (Å²) in [6, 6.07) is 16.4. The molecule has 0 aliphatic rings. The Hall–Kier alpha value is -2.79. The lowest BCUT2D eigenvalue weighted by molar-refractivity contribution is -0.118. The Morgan fingerprint density at radius 1 is 1.19 bits per heavy atom. The first-order valence-corrected chi connectivity index (χ1v) is 8.80. The van der Waals surface area contributed by atoms with Crippen molar-refractivity contribution in [2.45, 2.75) is 25.3 Å². The molecule has 1 amide bonds. The van der Waals surface area contributed by atoms with Crippen molar-refractivity contribution >= 4 is 16.8 Å². The molecule has 2 atom stereocenters. The SMILES string of the molecule is COc1ccc([C@@H](CN[C@H](C)CC(N)=O)c2c[nH]c3ccccc23)cc1. The van der Waals surface area contributed by atoms with E-state index in [0.29, 0.717) is 13.0 Å². The van der Waals surface area contributed by atoms with Gasteiger partial charge in [-0.15, -0.1) is 0 Å². The maximum atomic E-state index is 11.2. The number of nitrogens with two attached hydrogens (primary N) is 1. The van der Waals surface area contributed by atoms with Gasteiger partial charge in [-0.1, -0.05) is 30.3 Å². The maximum absolute atomic E-state index is 11.2. The second kappa shape index (κ2) is 8.06. The van der Waals surface area contributed by atoms with Crippen LogP contribution in [-0.2, 0) is 4.79 Å². The van der Waals surface area contributed by atoms with Crippen molar-refractivity contribution in [3.05, 3.63) is 65.9 Å². The second-order valence-electron chi connectivity index (χ2n) is 6.60. The summed E-state index contributed by atoms with van der Waals surface area (Å²) in [5.74, 6) is 0.687. The highest BCUT2D eigenvalue weighted by atomic mass is 16.5. The molecule has 0 radical (unpaired) electrons. The molecule has 0 fully saturated rings. The van der Waals surface area contributed by atoms with Crippen LogP contribution in [0.4, 0.5) is 0 Å². The zero-order valence-electron chi connectivity index (χ0n) is 15.2. The molecule has 0 bridgehead atoms. The van der Waals surface area contributed by atoms with Crippen LogP contribution in [0.25, 0.3) is 10.9 Å². The normalized spacial score (nSPS) is 13.5.